The summed E-state index contributed by atoms with van der Waals surface area (Å²) in [5, 5.41) is 5.40. The minimum Gasteiger partial charge on any atom is -0.344 e. The average Bonchev–Trinajstić information content (AvgIpc) is 2.82. The minimum atomic E-state index is -0.0868. The van der Waals surface area contributed by atoms with E-state index < -0.39 is 0 Å². The van der Waals surface area contributed by atoms with Crippen LogP contribution in [0.4, 0.5) is 0 Å². The van der Waals surface area contributed by atoms with Crippen molar-refractivity contribution >= 4 is 39.2 Å². The standard InChI is InChI=1S/C11H9N3OS2/c1-2-4-12-9(15)6-17-11-10-8(3-5-16-10)13-7-14-11/h1,3,5,7H,4,6H2,(H,12,15). The summed E-state index contributed by atoms with van der Waals surface area (Å²) < 4.78 is 1.02. The number of rotatable bonds is 4. The van der Waals surface area contributed by atoms with Crippen molar-refractivity contribution in [3.05, 3.63) is 17.8 Å². The second kappa shape index (κ2) is 5.66. The first-order valence-electron chi connectivity index (χ1n) is 4.82. The smallest absolute Gasteiger partial charge is 0.231 e. The van der Waals surface area contributed by atoms with Crippen LogP contribution >= 0.6 is 23.1 Å². The number of aromatic nitrogens is 2. The fourth-order valence-corrected chi connectivity index (χ4v) is 2.98. The molecule has 2 aromatic rings. The van der Waals surface area contributed by atoms with Crippen molar-refractivity contribution in [1.82, 2.24) is 15.3 Å². The van der Waals surface area contributed by atoms with E-state index in [2.05, 4.69) is 21.2 Å². The van der Waals surface area contributed by atoms with Gasteiger partial charge in [-0.25, -0.2) is 9.97 Å². The minimum absolute atomic E-state index is 0.0868. The zero-order valence-corrected chi connectivity index (χ0v) is 10.5. The molecule has 2 heterocycles. The van der Waals surface area contributed by atoms with Gasteiger partial charge in [0.15, 0.2) is 0 Å². The normalized spacial score (nSPS) is 10.1. The molecule has 4 nitrogen and oxygen atoms in total. The Labute approximate surface area is 107 Å². The van der Waals surface area contributed by atoms with Gasteiger partial charge in [0, 0.05) is 0 Å². The largest absolute Gasteiger partial charge is 0.344 e. The van der Waals surface area contributed by atoms with Gasteiger partial charge in [0.05, 0.1) is 22.5 Å². The maximum atomic E-state index is 11.4. The quantitative estimate of drug-likeness (QED) is 0.516. The second-order valence-corrected chi connectivity index (χ2v) is 4.96. The number of carbonyl (C=O) groups is 1. The number of nitrogens with one attached hydrogen (secondary N) is 1. The van der Waals surface area contributed by atoms with Gasteiger partial charge in [0.2, 0.25) is 5.91 Å². The Balaban J connectivity index is 2.02. The molecule has 0 unspecified atom stereocenters. The second-order valence-electron chi connectivity index (χ2n) is 3.08. The monoisotopic (exact) mass is 263 g/mol. The van der Waals surface area contributed by atoms with Crippen LogP contribution in [-0.4, -0.2) is 28.2 Å². The fourth-order valence-electron chi connectivity index (χ4n) is 1.20. The Morgan fingerprint density at radius 1 is 1.59 bits per heavy atom. The predicted molar refractivity (Wildman–Crippen MR) is 70.0 cm³/mol. The maximum absolute atomic E-state index is 11.4. The Bertz CT molecular complexity index is 573. The Morgan fingerprint density at radius 2 is 2.47 bits per heavy atom. The molecule has 0 saturated carbocycles. The fraction of sp³-hybridized carbons (Fsp3) is 0.182. The molecule has 6 heteroatoms. The zero-order valence-electron chi connectivity index (χ0n) is 8.84. The summed E-state index contributed by atoms with van der Waals surface area (Å²) in [4.78, 5) is 19.7. The van der Waals surface area contributed by atoms with Crippen LogP contribution in [0.25, 0.3) is 10.2 Å². The molecule has 0 aliphatic carbocycles. The number of nitrogens with zero attached hydrogens (tertiary/aromatic N) is 2. The highest BCUT2D eigenvalue weighted by molar-refractivity contribution is 8.00. The van der Waals surface area contributed by atoms with Crippen LogP contribution in [0.5, 0.6) is 0 Å². The van der Waals surface area contributed by atoms with Crippen LogP contribution in [0.15, 0.2) is 22.8 Å². The van der Waals surface area contributed by atoms with Crippen molar-refractivity contribution in [3.63, 3.8) is 0 Å². The van der Waals surface area contributed by atoms with Crippen LogP contribution in [0, 0.1) is 12.3 Å². The molecule has 0 atom stereocenters. The van der Waals surface area contributed by atoms with Crippen LogP contribution in [0.1, 0.15) is 0 Å². The van der Waals surface area contributed by atoms with Gasteiger partial charge in [-0.2, -0.15) is 0 Å². The number of thiophene rings is 1. The number of thioether (sulfide) groups is 1. The lowest BCUT2D eigenvalue weighted by Crippen LogP contribution is -2.25. The summed E-state index contributed by atoms with van der Waals surface area (Å²) in [5.41, 5.74) is 0.913. The van der Waals surface area contributed by atoms with Crippen molar-refractivity contribution in [2.45, 2.75) is 5.03 Å². The van der Waals surface area contributed by atoms with Crippen LogP contribution in [0.3, 0.4) is 0 Å². The van der Waals surface area contributed by atoms with Gasteiger partial charge in [-0.05, 0) is 11.4 Å². The van der Waals surface area contributed by atoms with Crippen molar-refractivity contribution < 1.29 is 4.79 Å². The van der Waals surface area contributed by atoms with E-state index in [9.17, 15) is 4.79 Å². The first-order chi connectivity index (χ1) is 8.31. The molecule has 0 bridgehead atoms. The van der Waals surface area contributed by atoms with Crippen molar-refractivity contribution in [1.29, 1.82) is 0 Å². The van der Waals surface area contributed by atoms with E-state index in [1.165, 1.54) is 18.1 Å². The van der Waals surface area contributed by atoms with Crippen LogP contribution in [0.2, 0.25) is 0 Å². The van der Waals surface area contributed by atoms with E-state index in [0.717, 1.165) is 15.2 Å². The summed E-state index contributed by atoms with van der Waals surface area (Å²) in [6, 6.07) is 1.93. The molecule has 86 valence electrons. The Kier molecular flexibility index (Phi) is 3.96. The third-order valence-corrected chi connectivity index (χ3v) is 3.97. The van der Waals surface area contributed by atoms with Gasteiger partial charge in [-0.1, -0.05) is 17.7 Å². The van der Waals surface area contributed by atoms with Gasteiger partial charge in [0.1, 0.15) is 11.4 Å². The van der Waals surface area contributed by atoms with Crippen molar-refractivity contribution in [2.24, 2.45) is 0 Å². The number of carbonyl (C=O) groups excluding carboxylic acids is 1. The molecule has 0 saturated heterocycles. The lowest BCUT2D eigenvalue weighted by molar-refractivity contribution is -0.118. The molecule has 1 amide bonds. The van der Waals surface area contributed by atoms with E-state index in [0.29, 0.717) is 5.75 Å². The highest BCUT2D eigenvalue weighted by atomic mass is 32.2. The zero-order chi connectivity index (χ0) is 12.1. The number of fused-ring (bicyclic) bond motifs is 1. The molecule has 1 N–H and O–H groups in total. The predicted octanol–water partition coefficient (Wildman–Crippen LogP) is 1.53. The molecule has 0 spiro atoms. The van der Waals surface area contributed by atoms with Crippen molar-refractivity contribution in [3.8, 4) is 12.3 Å². The third-order valence-electron chi connectivity index (χ3n) is 1.94. The number of terminal acetylenes is 1. The topological polar surface area (TPSA) is 54.9 Å². The molecular formula is C11H9N3OS2. The van der Waals surface area contributed by atoms with Crippen LogP contribution in [-0.2, 0) is 4.79 Å². The molecule has 0 aliphatic rings. The highest BCUT2D eigenvalue weighted by Crippen LogP contribution is 2.28. The lowest BCUT2D eigenvalue weighted by atomic mass is 10.5. The lowest BCUT2D eigenvalue weighted by Gasteiger charge is -2.01. The summed E-state index contributed by atoms with van der Waals surface area (Å²) in [7, 11) is 0. The molecule has 0 radical (unpaired) electrons. The molecule has 0 aliphatic heterocycles. The van der Waals surface area contributed by atoms with E-state index in [1.54, 1.807) is 11.3 Å². The van der Waals surface area contributed by atoms with Gasteiger partial charge in [-0.3, -0.25) is 4.79 Å². The average molecular weight is 263 g/mol. The molecule has 17 heavy (non-hydrogen) atoms. The Hall–Kier alpha value is -1.58. The summed E-state index contributed by atoms with van der Waals surface area (Å²) in [5.74, 6) is 2.58. The summed E-state index contributed by atoms with van der Waals surface area (Å²) >= 11 is 2.97. The molecule has 2 rings (SSSR count). The van der Waals surface area contributed by atoms with Gasteiger partial charge in [-0.15, -0.1) is 17.8 Å². The van der Waals surface area contributed by atoms with E-state index >= 15 is 0 Å². The number of hydrogen-bond donors (Lipinski definition) is 1. The molecule has 0 fully saturated rings. The summed E-state index contributed by atoms with van der Waals surface area (Å²) in [6.07, 6.45) is 6.56. The first-order valence-corrected chi connectivity index (χ1v) is 6.69. The van der Waals surface area contributed by atoms with Crippen LogP contribution < -0.4 is 5.32 Å². The molecule has 2 aromatic heterocycles. The van der Waals surface area contributed by atoms with Gasteiger partial charge in [0.25, 0.3) is 0 Å². The third kappa shape index (κ3) is 2.96. The number of hydrogen-bond acceptors (Lipinski definition) is 5. The molecular weight excluding hydrogens is 254 g/mol. The maximum Gasteiger partial charge on any atom is 0.231 e. The summed E-state index contributed by atoms with van der Waals surface area (Å²) in [6.45, 7) is 0.261. The number of amides is 1. The molecule has 0 aromatic carbocycles. The van der Waals surface area contributed by atoms with Gasteiger partial charge >= 0.3 is 0 Å². The SMILES string of the molecule is C#CCNC(=O)CSc1ncnc2ccsc12. The van der Waals surface area contributed by atoms with E-state index in [1.807, 2.05) is 11.4 Å². The Morgan fingerprint density at radius 3 is 3.29 bits per heavy atom. The van der Waals surface area contributed by atoms with E-state index in [-0.39, 0.29) is 12.5 Å². The van der Waals surface area contributed by atoms with E-state index in [4.69, 9.17) is 6.42 Å². The highest BCUT2D eigenvalue weighted by Gasteiger charge is 2.08. The van der Waals surface area contributed by atoms with Crippen molar-refractivity contribution in [2.75, 3.05) is 12.3 Å². The van der Waals surface area contributed by atoms with Gasteiger partial charge < -0.3 is 5.32 Å². The first kappa shape index (κ1) is 11.9.